The van der Waals surface area contributed by atoms with Crippen molar-refractivity contribution in [2.45, 2.75) is 31.5 Å². The molecule has 0 bridgehead atoms. The van der Waals surface area contributed by atoms with Crippen LogP contribution in [0.3, 0.4) is 0 Å². The fourth-order valence-electron chi connectivity index (χ4n) is 3.12. The molecule has 1 fully saturated rings. The second-order valence-corrected chi connectivity index (χ2v) is 7.38. The highest BCUT2D eigenvalue weighted by Gasteiger charge is 2.41. The first-order valence-electron chi connectivity index (χ1n) is 7.27. The zero-order valence-electron chi connectivity index (χ0n) is 12.3. The summed E-state index contributed by atoms with van der Waals surface area (Å²) >= 11 is 0. The fourth-order valence-corrected chi connectivity index (χ4v) is 3.79. The van der Waals surface area contributed by atoms with E-state index in [1.165, 1.54) is 6.26 Å². The molecule has 0 radical (unpaired) electrons. The van der Waals surface area contributed by atoms with Crippen LogP contribution < -0.4 is 0 Å². The van der Waals surface area contributed by atoms with Crippen molar-refractivity contribution in [1.82, 2.24) is 0 Å². The molecule has 1 heterocycles. The molecule has 1 saturated carbocycles. The van der Waals surface area contributed by atoms with Crippen molar-refractivity contribution in [3.8, 4) is 0 Å². The minimum Gasteiger partial charge on any atom is -0.496 e. The van der Waals surface area contributed by atoms with Crippen molar-refractivity contribution in [2.75, 3.05) is 6.26 Å². The van der Waals surface area contributed by atoms with Gasteiger partial charge in [-0.2, -0.15) is 8.42 Å². The number of hydrogen-bond acceptors (Lipinski definition) is 5. The van der Waals surface area contributed by atoms with Gasteiger partial charge in [-0.3, -0.25) is 8.98 Å². The number of ketones is 1. The van der Waals surface area contributed by atoms with E-state index >= 15 is 0 Å². The van der Waals surface area contributed by atoms with E-state index in [1.54, 1.807) is 0 Å². The highest BCUT2D eigenvalue weighted by molar-refractivity contribution is 7.86. The topological polar surface area (TPSA) is 69.7 Å². The fraction of sp³-hybridized carbons (Fsp3) is 0.438. The summed E-state index contributed by atoms with van der Waals surface area (Å²) in [6, 6.07) is 9.42. The Morgan fingerprint density at radius 1 is 1.18 bits per heavy atom. The molecular formula is C16H18O5S. The molecular weight excluding hydrogens is 304 g/mol. The molecule has 3 rings (SSSR count). The molecule has 2 aliphatic rings. The van der Waals surface area contributed by atoms with Gasteiger partial charge in [0.05, 0.1) is 30.1 Å². The molecule has 0 aromatic heterocycles. The van der Waals surface area contributed by atoms with E-state index in [9.17, 15) is 13.2 Å². The molecule has 118 valence electrons. The van der Waals surface area contributed by atoms with Crippen molar-refractivity contribution in [3.63, 3.8) is 0 Å². The Bertz CT molecular complexity index is 693. The minimum absolute atomic E-state index is 0.0697. The molecule has 1 aliphatic carbocycles. The Hall–Kier alpha value is -1.66. The van der Waals surface area contributed by atoms with Gasteiger partial charge >= 0.3 is 0 Å². The van der Waals surface area contributed by atoms with Crippen LogP contribution in [0.1, 0.15) is 24.8 Å². The molecule has 0 amide bonds. The molecule has 5 nitrogen and oxygen atoms in total. The Morgan fingerprint density at radius 2 is 1.91 bits per heavy atom. The third-order valence-electron chi connectivity index (χ3n) is 4.10. The largest absolute Gasteiger partial charge is 0.496 e. The van der Waals surface area contributed by atoms with Crippen LogP contribution in [0.15, 0.2) is 36.6 Å². The Labute approximate surface area is 130 Å². The van der Waals surface area contributed by atoms with Gasteiger partial charge < -0.3 is 4.74 Å². The Balaban J connectivity index is 1.76. The number of ether oxygens (including phenoxy) is 1. The normalized spacial score (nSPS) is 28.5. The summed E-state index contributed by atoms with van der Waals surface area (Å²) in [5.41, 5.74) is 1.43. The number of allylic oxidation sites excluding steroid dienone is 1. The van der Waals surface area contributed by atoms with E-state index in [0.717, 1.165) is 11.8 Å². The van der Waals surface area contributed by atoms with Gasteiger partial charge in [-0.1, -0.05) is 30.3 Å². The van der Waals surface area contributed by atoms with Crippen molar-refractivity contribution in [1.29, 1.82) is 0 Å². The predicted molar refractivity (Wildman–Crippen MR) is 81.4 cm³/mol. The van der Waals surface area contributed by atoms with Gasteiger partial charge in [-0.05, 0) is 18.4 Å². The van der Waals surface area contributed by atoms with Crippen LogP contribution >= 0.6 is 0 Å². The molecule has 1 aromatic rings. The summed E-state index contributed by atoms with van der Waals surface area (Å²) < 4.78 is 33.2. The number of benzene rings is 1. The minimum atomic E-state index is -3.48. The van der Waals surface area contributed by atoms with Gasteiger partial charge in [-0.15, -0.1) is 0 Å². The molecule has 6 heteroatoms. The Morgan fingerprint density at radius 3 is 2.59 bits per heavy atom. The maximum absolute atomic E-state index is 12.6. The van der Waals surface area contributed by atoms with Gasteiger partial charge in [0.25, 0.3) is 10.1 Å². The first-order valence-corrected chi connectivity index (χ1v) is 9.09. The average Bonchev–Trinajstić information content (AvgIpc) is 2.47. The number of fused-ring (bicyclic) bond motifs is 1. The van der Waals surface area contributed by atoms with E-state index in [-0.39, 0.29) is 17.8 Å². The molecule has 3 unspecified atom stereocenters. The van der Waals surface area contributed by atoms with Crippen LogP contribution in [0, 0.1) is 5.92 Å². The summed E-state index contributed by atoms with van der Waals surface area (Å²) in [6.07, 6.45) is 3.37. The second kappa shape index (κ2) is 5.85. The first kappa shape index (κ1) is 15.2. The monoisotopic (exact) mass is 322 g/mol. The van der Waals surface area contributed by atoms with Crippen LogP contribution in [-0.2, 0) is 23.8 Å². The summed E-state index contributed by atoms with van der Waals surface area (Å²) in [4.78, 5) is 12.6. The van der Waals surface area contributed by atoms with Gasteiger partial charge in [0.2, 0.25) is 0 Å². The summed E-state index contributed by atoms with van der Waals surface area (Å²) in [5.74, 6) is -0.153. The third-order valence-corrected chi connectivity index (χ3v) is 4.72. The van der Waals surface area contributed by atoms with Crippen LogP contribution in [0.2, 0.25) is 0 Å². The zero-order valence-corrected chi connectivity index (χ0v) is 13.1. The smallest absolute Gasteiger partial charge is 0.264 e. The summed E-state index contributed by atoms with van der Waals surface area (Å²) in [7, 11) is -3.48. The van der Waals surface area contributed by atoms with Crippen LogP contribution in [0.4, 0.5) is 0 Å². The lowest BCUT2D eigenvalue weighted by atomic mass is 9.78. The van der Waals surface area contributed by atoms with Crippen LogP contribution in [0.25, 0.3) is 5.57 Å². The van der Waals surface area contributed by atoms with Crippen molar-refractivity contribution in [2.24, 2.45) is 5.92 Å². The maximum Gasteiger partial charge on any atom is 0.264 e. The molecule has 0 saturated heterocycles. The zero-order chi connectivity index (χ0) is 15.7. The number of rotatable bonds is 3. The number of carbonyl (C=O) groups excluding carboxylic acids is 1. The SMILES string of the molecule is CS(=O)(=O)OC1CCC2C(=O)C(c3ccccc3)=COC2C1. The van der Waals surface area contributed by atoms with E-state index in [1.807, 2.05) is 30.3 Å². The van der Waals surface area contributed by atoms with Crippen molar-refractivity contribution < 1.29 is 22.1 Å². The quantitative estimate of drug-likeness (QED) is 0.798. The van der Waals surface area contributed by atoms with Crippen LogP contribution in [0.5, 0.6) is 0 Å². The molecule has 3 atom stereocenters. The highest BCUT2D eigenvalue weighted by Crippen LogP contribution is 2.37. The molecule has 1 aliphatic heterocycles. The predicted octanol–water partition coefficient (Wildman–Crippen LogP) is 2.14. The molecule has 0 spiro atoms. The number of hydrogen-bond donors (Lipinski definition) is 0. The van der Waals surface area contributed by atoms with Gasteiger partial charge in [0, 0.05) is 6.42 Å². The van der Waals surface area contributed by atoms with E-state index in [4.69, 9.17) is 8.92 Å². The third kappa shape index (κ3) is 3.23. The first-order chi connectivity index (χ1) is 10.4. The maximum atomic E-state index is 12.6. The van der Waals surface area contributed by atoms with Gasteiger partial charge in [-0.25, -0.2) is 0 Å². The molecule has 0 N–H and O–H groups in total. The lowest BCUT2D eigenvalue weighted by molar-refractivity contribution is -0.126. The highest BCUT2D eigenvalue weighted by atomic mass is 32.2. The van der Waals surface area contributed by atoms with Gasteiger partial charge in [0.15, 0.2) is 5.78 Å². The number of carbonyl (C=O) groups is 1. The number of Topliss-reactive ketones (excluding diaryl/α,β-unsaturated/α-hetero) is 1. The molecule has 22 heavy (non-hydrogen) atoms. The van der Waals surface area contributed by atoms with Gasteiger partial charge in [0.1, 0.15) is 6.10 Å². The second-order valence-electron chi connectivity index (χ2n) is 5.78. The summed E-state index contributed by atoms with van der Waals surface area (Å²) in [5, 5.41) is 0. The van der Waals surface area contributed by atoms with E-state index in [2.05, 4.69) is 0 Å². The summed E-state index contributed by atoms with van der Waals surface area (Å²) in [6.45, 7) is 0. The van der Waals surface area contributed by atoms with Crippen molar-refractivity contribution >= 4 is 21.5 Å². The van der Waals surface area contributed by atoms with Crippen LogP contribution in [-0.4, -0.2) is 32.7 Å². The average molecular weight is 322 g/mol. The van der Waals surface area contributed by atoms with Crippen molar-refractivity contribution in [3.05, 3.63) is 42.2 Å². The molecule has 1 aromatic carbocycles. The van der Waals surface area contributed by atoms with E-state index < -0.39 is 16.2 Å². The Kier molecular flexibility index (Phi) is 4.06. The lowest BCUT2D eigenvalue weighted by Gasteiger charge is -2.37. The standard InChI is InChI=1S/C16H18O5S/c1-22(18,19)21-12-7-8-13-15(9-12)20-10-14(16(13)17)11-5-3-2-4-6-11/h2-6,10,12-13,15H,7-9H2,1H3. The van der Waals surface area contributed by atoms with E-state index in [0.29, 0.717) is 24.8 Å². The lowest BCUT2D eigenvalue weighted by Crippen LogP contribution is -2.41.